The van der Waals surface area contributed by atoms with Gasteiger partial charge in [0, 0.05) is 12.6 Å². The first-order valence-electron chi connectivity index (χ1n) is 6.39. The van der Waals surface area contributed by atoms with Crippen LogP contribution < -0.4 is 10.6 Å². The number of aromatic nitrogens is 2. The average Bonchev–Trinajstić information content (AvgIpc) is 3.14. The Morgan fingerprint density at radius 2 is 2.05 bits per heavy atom. The van der Waals surface area contributed by atoms with Gasteiger partial charge < -0.3 is 10.6 Å². The maximum atomic E-state index is 12.3. The summed E-state index contributed by atoms with van der Waals surface area (Å²) in [5, 5.41) is 6.45. The number of nitrogens with zero attached hydrogens (tertiary/aromatic N) is 2. The molecular formula is C12H15F3N4. The van der Waals surface area contributed by atoms with Gasteiger partial charge in [-0.3, -0.25) is 0 Å². The zero-order valence-electron chi connectivity index (χ0n) is 10.2. The lowest BCUT2D eigenvalue weighted by Gasteiger charge is -2.23. The Balaban J connectivity index is 1.52. The maximum Gasteiger partial charge on any atom is 0.434 e. The van der Waals surface area contributed by atoms with E-state index in [-0.39, 0.29) is 0 Å². The van der Waals surface area contributed by atoms with E-state index in [4.69, 9.17) is 0 Å². The lowest BCUT2D eigenvalue weighted by atomic mass is 10.1. The topological polar surface area (TPSA) is 49.8 Å². The summed E-state index contributed by atoms with van der Waals surface area (Å²) in [5.41, 5.74) is -0.963. The van der Waals surface area contributed by atoms with Crippen LogP contribution in [0.15, 0.2) is 12.4 Å². The molecule has 0 bridgehead atoms. The highest BCUT2D eigenvalue weighted by atomic mass is 19.4. The van der Waals surface area contributed by atoms with Crippen LogP contribution in [0.2, 0.25) is 0 Å². The number of anilines is 1. The Morgan fingerprint density at radius 3 is 2.68 bits per heavy atom. The van der Waals surface area contributed by atoms with Crippen LogP contribution in [0.25, 0.3) is 0 Å². The third-order valence-electron chi connectivity index (χ3n) is 3.80. The Hall–Kier alpha value is -1.37. The quantitative estimate of drug-likeness (QED) is 0.882. The molecule has 0 amide bonds. The van der Waals surface area contributed by atoms with Crippen LogP contribution in [0.4, 0.5) is 19.0 Å². The van der Waals surface area contributed by atoms with Gasteiger partial charge in [-0.15, -0.1) is 0 Å². The summed E-state index contributed by atoms with van der Waals surface area (Å²) in [4.78, 5) is 7.10. The Bertz CT molecular complexity index is 445. The molecule has 0 radical (unpaired) electrons. The fourth-order valence-electron chi connectivity index (χ4n) is 2.56. The molecule has 4 nitrogen and oxygen atoms in total. The van der Waals surface area contributed by atoms with Gasteiger partial charge in [0.2, 0.25) is 0 Å². The van der Waals surface area contributed by atoms with Gasteiger partial charge in [0.25, 0.3) is 0 Å². The molecule has 2 aliphatic rings. The van der Waals surface area contributed by atoms with Crippen molar-refractivity contribution in [3.8, 4) is 0 Å². The first-order valence-corrected chi connectivity index (χ1v) is 6.39. The molecule has 2 N–H and O–H groups in total. The number of alkyl halides is 3. The van der Waals surface area contributed by atoms with E-state index in [1.54, 1.807) is 0 Å². The van der Waals surface area contributed by atoms with Gasteiger partial charge in [0.05, 0.1) is 12.4 Å². The molecule has 1 aromatic heterocycles. The third kappa shape index (κ3) is 2.97. The number of halogens is 3. The molecule has 1 saturated carbocycles. The molecule has 1 aliphatic carbocycles. The van der Waals surface area contributed by atoms with Crippen LogP contribution >= 0.6 is 0 Å². The number of hydrogen-bond acceptors (Lipinski definition) is 4. The highest BCUT2D eigenvalue weighted by Gasteiger charge is 2.41. The predicted octanol–water partition coefficient (Wildman–Crippen LogP) is 1.91. The monoisotopic (exact) mass is 272 g/mol. The Labute approximate surface area is 108 Å². The molecule has 2 heterocycles. The van der Waals surface area contributed by atoms with Gasteiger partial charge in [-0.1, -0.05) is 0 Å². The molecule has 1 saturated heterocycles. The van der Waals surface area contributed by atoms with E-state index in [1.807, 2.05) is 0 Å². The van der Waals surface area contributed by atoms with Crippen LogP contribution in [0.1, 0.15) is 18.5 Å². The van der Waals surface area contributed by atoms with Gasteiger partial charge in [-0.25, -0.2) is 9.97 Å². The fraction of sp³-hybridized carbons (Fsp3) is 0.667. The van der Waals surface area contributed by atoms with E-state index in [0.717, 1.165) is 37.2 Å². The van der Waals surface area contributed by atoms with Crippen molar-refractivity contribution in [3.05, 3.63) is 18.1 Å². The van der Waals surface area contributed by atoms with Gasteiger partial charge in [0.1, 0.15) is 5.82 Å². The van der Waals surface area contributed by atoms with Crippen LogP contribution in [0.5, 0.6) is 0 Å². The zero-order valence-corrected chi connectivity index (χ0v) is 10.2. The Kier molecular flexibility index (Phi) is 3.08. The molecule has 0 spiro atoms. The van der Waals surface area contributed by atoms with Gasteiger partial charge in [-0.2, -0.15) is 13.2 Å². The molecule has 1 aromatic rings. The number of rotatable bonds is 3. The first kappa shape index (κ1) is 12.7. The minimum Gasteiger partial charge on any atom is -0.367 e. The summed E-state index contributed by atoms with van der Waals surface area (Å²) in [6.45, 7) is 1.72. The van der Waals surface area contributed by atoms with Crippen molar-refractivity contribution in [2.45, 2.75) is 25.1 Å². The summed E-state index contributed by atoms with van der Waals surface area (Å²) in [5.74, 6) is 2.07. The highest BCUT2D eigenvalue weighted by molar-refractivity contribution is 5.31. The van der Waals surface area contributed by atoms with Crippen LogP contribution in [0, 0.1) is 11.8 Å². The van der Waals surface area contributed by atoms with Gasteiger partial charge in [0.15, 0.2) is 5.69 Å². The molecule has 7 heteroatoms. The second-order valence-electron chi connectivity index (χ2n) is 5.26. The smallest absolute Gasteiger partial charge is 0.367 e. The summed E-state index contributed by atoms with van der Waals surface area (Å²) < 4.78 is 36.9. The summed E-state index contributed by atoms with van der Waals surface area (Å²) in [7, 11) is 0. The van der Waals surface area contributed by atoms with Crippen LogP contribution in [-0.4, -0.2) is 29.1 Å². The molecule has 2 fully saturated rings. The standard InChI is InChI=1S/C12H15F3N4/c13-12(14,15)10-5-19-11(6-17-10)18-4-9-2-7-1-8(7)3-16-9/h5-9,16H,1-4H2,(H,18,19)/t7-,8+,9-/m0/s1. The maximum absolute atomic E-state index is 12.3. The minimum atomic E-state index is -4.43. The molecule has 3 atom stereocenters. The normalized spacial score (nSPS) is 29.7. The predicted molar refractivity (Wildman–Crippen MR) is 63.5 cm³/mol. The lowest BCUT2D eigenvalue weighted by Crippen LogP contribution is -2.40. The zero-order chi connectivity index (χ0) is 13.5. The summed E-state index contributed by atoms with van der Waals surface area (Å²) in [6.07, 6.45) is -0.105. The average molecular weight is 272 g/mol. The van der Waals surface area contributed by atoms with E-state index >= 15 is 0 Å². The SMILES string of the molecule is FC(F)(F)c1cnc(NC[C@@H]2C[C@@H]3C[C@@H]3CN2)cn1. The van der Waals surface area contributed by atoms with Crippen LogP contribution in [0.3, 0.4) is 0 Å². The third-order valence-corrected chi connectivity index (χ3v) is 3.80. The van der Waals surface area contributed by atoms with Crippen LogP contribution in [-0.2, 0) is 6.18 Å². The number of fused-ring (bicyclic) bond motifs is 1. The molecule has 19 heavy (non-hydrogen) atoms. The lowest BCUT2D eigenvalue weighted by molar-refractivity contribution is -0.141. The molecule has 0 aromatic carbocycles. The van der Waals surface area contributed by atoms with E-state index in [2.05, 4.69) is 20.6 Å². The molecule has 3 rings (SSSR count). The number of nitrogens with one attached hydrogen (secondary N) is 2. The van der Waals surface area contributed by atoms with Crippen molar-refractivity contribution < 1.29 is 13.2 Å². The van der Waals surface area contributed by atoms with Crippen molar-refractivity contribution in [1.29, 1.82) is 0 Å². The van der Waals surface area contributed by atoms with Gasteiger partial charge in [-0.05, 0) is 31.2 Å². The molecular weight excluding hydrogens is 257 g/mol. The van der Waals surface area contributed by atoms with E-state index < -0.39 is 11.9 Å². The second kappa shape index (κ2) is 4.63. The minimum absolute atomic E-state index is 0.368. The largest absolute Gasteiger partial charge is 0.434 e. The Morgan fingerprint density at radius 1 is 1.21 bits per heavy atom. The summed E-state index contributed by atoms with van der Waals surface area (Å²) in [6, 6.07) is 0.368. The number of hydrogen-bond donors (Lipinski definition) is 2. The highest BCUT2D eigenvalue weighted by Crippen LogP contribution is 2.43. The van der Waals surface area contributed by atoms with Crippen molar-refractivity contribution in [3.63, 3.8) is 0 Å². The summed E-state index contributed by atoms with van der Waals surface area (Å²) >= 11 is 0. The molecule has 0 unspecified atom stereocenters. The van der Waals surface area contributed by atoms with E-state index in [0.29, 0.717) is 18.4 Å². The van der Waals surface area contributed by atoms with Crippen molar-refractivity contribution >= 4 is 5.82 Å². The van der Waals surface area contributed by atoms with Gasteiger partial charge >= 0.3 is 6.18 Å². The van der Waals surface area contributed by atoms with E-state index in [9.17, 15) is 13.2 Å². The second-order valence-corrected chi connectivity index (χ2v) is 5.26. The van der Waals surface area contributed by atoms with Crippen molar-refractivity contribution in [2.24, 2.45) is 11.8 Å². The van der Waals surface area contributed by atoms with Crippen molar-refractivity contribution in [1.82, 2.24) is 15.3 Å². The fourth-order valence-corrected chi connectivity index (χ4v) is 2.56. The number of piperidine rings is 1. The molecule has 1 aliphatic heterocycles. The first-order chi connectivity index (χ1) is 9.02. The molecule has 104 valence electrons. The van der Waals surface area contributed by atoms with Crippen molar-refractivity contribution in [2.75, 3.05) is 18.4 Å². The van der Waals surface area contributed by atoms with E-state index in [1.165, 1.54) is 6.42 Å².